The summed E-state index contributed by atoms with van der Waals surface area (Å²) in [5.41, 5.74) is 5.56. The van der Waals surface area contributed by atoms with Crippen LogP contribution in [0.3, 0.4) is 0 Å². The Balaban J connectivity index is 3.13. The van der Waals surface area contributed by atoms with E-state index in [0.29, 0.717) is 19.6 Å². The Morgan fingerprint density at radius 1 is 1.42 bits per heavy atom. The van der Waals surface area contributed by atoms with Gasteiger partial charge in [0, 0.05) is 26.3 Å². The molecule has 3 N–H and O–H groups in total. The zero-order chi connectivity index (χ0) is 9.40. The van der Waals surface area contributed by atoms with Crippen LogP contribution in [-0.2, 0) is 4.74 Å². The van der Waals surface area contributed by atoms with Gasteiger partial charge in [-0.3, -0.25) is 0 Å². The van der Waals surface area contributed by atoms with Crippen molar-refractivity contribution in [2.45, 2.75) is 18.9 Å². The highest BCUT2D eigenvalue weighted by Crippen LogP contribution is 1.90. The SMILES string of the molecule is COCCC(N)CNCC(F)F. The Hall–Kier alpha value is -0.260. The summed E-state index contributed by atoms with van der Waals surface area (Å²) >= 11 is 0. The van der Waals surface area contributed by atoms with Crippen molar-refractivity contribution in [1.82, 2.24) is 5.32 Å². The Labute approximate surface area is 71.3 Å². The summed E-state index contributed by atoms with van der Waals surface area (Å²) in [6.07, 6.45) is -1.62. The second kappa shape index (κ2) is 7.39. The largest absolute Gasteiger partial charge is 0.385 e. The van der Waals surface area contributed by atoms with Crippen molar-refractivity contribution < 1.29 is 13.5 Å². The standard InChI is InChI=1S/C7H16F2N2O/c1-12-3-2-6(10)4-11-5-7(8)9/h6-7,11H,2-5,10H2,1H3. The van der Waals surface area contributed by atoms with Crippen molar-refractivity contribution in [3.8, 4) is 0 Å². The van der Waals surface area contributed by atoms with Crippen LogP contribution in [0.25, 0.3) is 0 Å². The number of alkyl halides is 2. The Morgan fingerprint density at radius 3 is 2.58 bits per heavy atom. The van der Waals surface area contributed by atoms with Crippen LogP contribution in [0.15, 0.2) is 0 Å². The van der Waals surface area contributed by atoms with E-state index < -0.39 is 6.43 Å². The zero-order valence-electron chi connectivity index (χ0n) is 7.22. The third-order valence-corrected chi connectivity index (χ3v) is 1.40. The van der Waals surface area contributed by atoms with E-state index in [0.717, 1.165) is 0 Å². The lowest BCUT2D eigenvalue weighted by molar-refractivity contribution is 0.144. The molecule has 0 fully saturated rings. The van der Waals surface area contributed by atoms with Crippen LogP contribution in [0.1, 0.15) is 6.42 Å². The smallest absolute Gasteiger partial charge is 0.250 e. The number of ether oxygens (including phenoxy) is 1. The van der Waals surface area contributed by atoms with Gasteiger partial charge in [-0.05, 0) is 6.42 Å². The maximum Gasteiger partial charge on any atom is 0.250 e. The van der Waals surface area contributed by atoms with Crippen molar-refractivity contribution >= 4 is 0 Å². The molecule has 0 radical (unpaired) electrons. The third-order valence-electron chi connectivity index (χ3n) is 1.40. The molecule has 12 heavy (non-hydrogen) atoms. The summed E-state index contributed by atoms with van der Waals surface area (Å²) in [7, 11) is 1.58. The van der Waals surface area contributed by atoms with Crippen LogP contribution < -0.4 is 11.1 Å². The van der Waals surface area contributed by atoms with E-state index >= 15 is 0 Å². The number of nitrogens with one attached hydrogen (secondary N) is 1. The second-order valence-corrected chi connectivity index (χ2v) is 2.59. The fraction of sp³-hybridized carbons (Fsp3) is 1.00. The van der Waals surface area contributed by atoms with Gasteiger partial charge < -0.3 is 15.8 Å². The molecule has 0 aromatic heterocycles. The lowest BCUT2D eigenvalue weighted by atomic mass is 10.2. The summed E-state index contributed by atoms with van der Waals surface area (Å²) in [4.78, 5) is 0. The molecule has 1 atom stereocenters. The molecule has 0 aromatic rings. The Kier molecular flexibility index (Phi) is 7.23. The third kappa shape index (κ3) is 7.84. The van der Waals surface area contributed by atoms with Gasteiger partial charge in [0.25, 0.3) is 6.43 Å². The summed E-state index contributed by atoms with van der Waals surface area (Å²) in [6.45, 7) is 0.686. The van der Waals surface area contributed by atoms with Gasteiger partial charge in [0.15, 0.2) is 0 Å². The topological polar surface area (TPSA) is 47.3 Å². The van der Waals surface area contributed by atoms with Crippen molar-refractivity contribution in [3.63, 3.8) is 0 Å². The predicted molar refractivity (Wildman–Crippen MR) is 43.3 cm³/mol. The number of hydrogen-bond donors (Lipinski definition) is 2. The molecule has 0 aliphatic heterocycles. The van der Waals surface area contributed by atoms with Crippen LogP contribution in [0.5, 0.6) is 0 Å². The van der Waals surface area contributed by atoms with Crippen LogP contribution in [0, 0.1) is 0 Å². The van der Waals surface area contributed by atoms with Crippen molar-refractivity contribution in [2.75, 3.05) is 26.8 Å². The van der Waals surface area contributed by atoms with Crippen LogP contribution in [-0.4, -0.2) is 39.3 Å². The molecule has 0 aliphatic carbocycles. The Bertz CT molecular complexity index is 103. The highest BCUT2D eigenvalue weighted by Gasteiger charge is 2.04. The second-order valence-electron chi connectivity index (χ2n) is 2.59. The molecule has 0 aliphatic rings. The molecule has 0 spiro atoms. The molecule has 1 unspecified atom stereocenters. The maximum atomic E-state index is 11.6. The first kappa shape index (κ1) is 11.7. The molecule has 3 nitrogen and oxygen atoms in total. The zero-order valence-corrected chi connectivity index (χ0v) is 7.22. The lowest BCUT2D eigenvalue weighted by Crippen LogP contribution is -2.36. The Morgan fingerprint density at radius 2 is 2.08 bits per heavy atom. The molecule has 5 heteroatoms. The van der Waals surface area contributed by atoms with Gasteiger partial charge in [0.05, 0.1) is 6.54 Å². The molecular formula is C7H16F2N2O. The van der Waals surface area contributed by atoms with E-state index in [1.165, 1.54) is 0 Å². The van der Waals surface area contributed by atoms with Gasteiger partial charge in [-0.1, -0.05) is 0 Å². The van der Waals surface area contributed by atoms with E-state index in [9.17, 15) is 8.78 Å². The number of nitrogens with two attached hydrogens (primary N) is 1. The molecule has 0 saturated heterocycles. The average molecular weight is 182 g/mol. The summed E-state index contributed by atoms with van der Waals surface area (Å²) in [6, 6.07) is -0.108. The first-order chi connectivity index (χ1) is 5.66. The van der Waals surface area contributed by atoms with Crippen LogP contribution in [0.4, 0.5) is 8.78 Å². The van der Waals surface area contributed by atoms with Crippen molar-refractivity contribution in [1.29, 1.82) is 0 Å². The molecule has 0 heterocycles. The van der Waals surface area contributed by atoms with Gasteiger partial charge in [-0.2, -0.15) is 0 Å². The van der Waals surface area contributed by atoms with Crippen LogP contribution in [0.2, 0.25) is 0 Å². The number of rotatable bonds is 7. The minimum Gasteiger partial charge on any atom is -0.385 e. The van der Waals surface area contributed by atoms with Gasteiger partial charge >= 0.3 is 0 Å². The molecule has 0 rings (SSSR count). The van der Waals surface area contributed by atoms with Gasteiger partial charge in [-0.15, -0.1) is 0 Å². The summed E-state index contributed by atoms with van der Waals surface area (Å²) in [5.74, 6) is 0. The normalized spacial score (nSPS) is 13.8. The maximum absolute atomic E-state index is 11.6. The monoisotopic (exact) mass is 182 g/mol. The highest BCUT2D eigenvalue weighted by molar-refractivity contribution is 4.64. The van der Waals surface area contributed by atoms with Gasteiger partial charge in [-0.25, -0.2) is 8.78 Å². The molecule has 0 aromatic carbocycles. The minimum atomic E-state index is -2.31. The van der Waals surface area contributed by atoms with E-state index in [4.69, 9.17) is 10.5 Å². The molecule has 0 saturated carbocycles. The summed E-state index contributed by atoms with van der Waals surface area (Å²) in [5, 5.41) is 2.56. The fourth-order valence-corrected chi connectivity index (χ4v) is 0.749. The first-order valence-electron chi connectivity index (χ1n) is 3.90. The van der Waals surface area contributed by atoms with Gasteiger partial charge in [0.1, 0.15) is 0 Å². The van der Waals surface area contributed by atoms with E-state index in [1.54, 1.807) is 7.11 Å². The van der Waals surface area contributed by atoms with E-state index in [-0.39, 0.29) is 12.6 Å². The number of halogens is 2. The van der Waals surface area contributed by atoms with Crippen LogP contribution >= 0.6 is 0 Å². The highest BCUT2D eigenvalue weighted by atomic mass is 19.3. The quantitative estimate of drug-likeness (QED) is 0.591. The average Bonchev–Trinajstić information content (AvgIpc) is 2.00. The van der Waals surface area contributed by atoms with Gasteiger partial charge in [0.2, 0.25) is 0 Å². The number of hydrogen-bond acceptors (Lipinski definition) is 3. The minimum absolute atomic E-state index is 0.108. The predicted octanol–water partition coefficient (Wildman–Crippen LogP) is 0.205. The first-order valence-corrected chi connectivity index (χ1v) is 3.90. The fourth-order valence-electron chi connectivity index (χ4n) is 0.749. The van der Waals surface area contributed by atoms with E-state index in [1.807, 2.05) is 0 Å². The van der Waals surface area contributed by atoms with Crippen molar-refractivity contribution in [3.05, 3.63) is 0 Å². The summed E-state index contributed by atoms with van der Waals surface area (Å²) < 4.78 is 28.0. The molecule has 74 valence electrons. The molecular weight excluding hydrogens is 166 g/mol. The van der Waals surface area contributed by atoms with E-state index in [2.05, 4.69) is 5.32 Å². The lowest BCUT2D eigenvalue weighted by Gasteiger charge is -2.11. The number of methoxy groups -OCH3 is 1. The van der Waals surface area contributed by atoms with Crippen molar-refractivity contribution in [2.24, 2.45) is 5.73 Å². The molecule has 0 bridgehead atoms. The molecule has 0 amide bonds.